The average Bonchev–Trinajstić information content (AvgIpc) is 3.37. The molecule has 0 amide bonds. The molecule has 196 valence electrons. The first-order chi connectivity index (χ1) is 17.7. The molecule has 2 aromatic carbocycles. The van der Waals surface area contributed by atoms with Gasteiger partial charge in [-0.2, -0.15) is 0 Å². The minimum absolute atomic E-state index is 0.0705. The fourth-order valence-corrected chi connectivity index (χ4v) is 4.69. The van der Waals surface area contributed by atoms with E-state index in [-0.39, 0.29) is 17.1 Å². The molecule has 0 aliphatic heterocycles. The number of H-pyrrole nitrogens is 1. The summed E-state index contributed by atoms with van der Waals surface area (Å²) in [7, 11) is 1.67. The number of ether oxygens (including phenoxy) is 1. The number of tetrazole rings is 1. The van der Waals surface area contributed by atoms with Crippen molar-refractivity contribution in [1.29, 1.82) is 0 Å². The van der Waals surface area contributed by atoms with Gasteiger partial charge in [0.05, 0.1) is 18.7 Å². The van der Waals surface area contributed by atoms with Crippen LogP contribution in [-0.4, -0.2) is 37.2 Å². The van der Waals surface area contributed by atoms with Crippen LogP contribution in [0.25, 0.3) is 10.9 Å². The molecule has 1 N–H and O–H groups in total. The molecule has 0 saturated heterocycles. The molecular weight excluding hydrogens is 464 g/mol. The zero-order valence-corrected chi connectivity index (χ0v) is 23.0. The average molecular weight is 503 g/mol. The van der Waals surface area contributed by atoms with E-state index in [0.29, 0.717) is 13.1 Å². The SMILES string of the molecule is CCC(c1nnnn1C(C)(C)CC)N(Cc1ccc(OC)cc1)Cc1cc2cc(C)c(C)cc2[nH]c1=O. The lowest BCUT2D eigenvalue weighted by Crippen LogP contribution is -2.36. The Labute approximate surface area is 218 Å². The summed E-state index contributed by atoms with van der Waals surface area (Å²) in [5.41, 5.74) is 4.76. The maximum absolute atomic E-state index is 13.2. The molecule has 0 radical (unpaired) electrons. The highest BCUT2D eigenvalue weighted by Gasteiger charge is 2.31. The molecule has 4 aromatic rings. The van der Waals surface area contributed by atoms with Gasteiger partial charge in [0.2, 0.25) is 0 Å². The smallest absolute Gasteiger partial charge is 0.252 e. The third-order valence-electron chi connectivity index (χ3n) is 7.51. The van der Waals surface area contributed by atoms with Gasteiger partial charge in [-0.15, -0.1) is 5.10 Å². The molecule has 8 nitrogen and oxygen atoms in total. The van der Waals surface area contributed by atoms with E-state index in [1.807, 2.05) is 28.9 Å². The number of benzene rings is 2. The van der Waals surface area contributed by atoms with E-state index in [2.05, 4.69) is 85.2 Å². The molecule has 1 atom stereocenters. The molecule has 0 saturated carbocycles. The van der Waals surface area contributed by atoms with Crippen LogP contribution >= 0.6 is 0 Å². The first-order valence-corrected chi connectivity index (χ1v) is 13.0. The molecule has 0 aliphatic rings. The molecular formula is C29H38N6O2. The lowest BCUT2D eigenvalue weighted by molar-refractivity contribution is 0.150. The number of nitrogens with one attached hydrogen (secondary N) is 1. The van der Waals surface area contributed by atoms with Crippen LogP contribution in [0.2, 0.25) is 0 Å². The number of methoxy groups -OCH3 is 1. The zero-order valence-electron chi connectivity index (χ0n) is 23.0. The minimum Gasteiger partial charge on any atom is -0.497 e. The Balaban J connectivity index is 1.78. The van der Waals surface area contributed by atoms with Gasteiger partial charge >= 0.3 is 0 Å². The first-order valence-electron chi connectivity index (χ1n) is 13.0. The summed E-state index contributed by atoms with van der Waals surface area (Å²) in [6, 6.07) is 14.2. The Bertz CT molecular complexity index is 1420. The number of rotatable bonds is 10. The van der Waals surface area contributed by atoms with Crippen molar-refractivity contribution >= 4 is 10.9 Å². The monoisotopic (exact) mass is 502 g/mol. The van der Waals surface area contributed by atoms with E-state index < -0.39 is 0 Å². The fourth-order valence-electron chi connectivity index (χ4n) is 4.69. The van der Waals surface area contributed by atoms with Crippen LogP contribution in [0.3, 0.4) is 0 Å². The molecule has 2 heterocycles. The molecule has 8 heteroatoms. The minimum atomic E-state index is -0.228. The van der Waals surface area contributed by atoms with Crippen molar-refractivity contribution in [2.24, 2.45) is 0 Å². The number of aromatic nitrogens is 5. The van der Waals surface area contributed by atoms with Crippen LogP contribution in [0.1, 0.15) is 74.7 Å². The summed E-state index contributed by atoms with van der Waals surface area (Å²) in [4.78, 5) is 18.6. The normalized spacial score (nSPS) is 12.9. The Morgan fingerprint density at radius 1 is 1.05 bits per heavy atom. The Hall–Kier alpha value is -3.52. The highest BCUT2D eigenvalue weighted by molar-refractivity contribution is 5.80. The lowest BCUT2D eigenvalue weighted by atomic mass is 10.0. The predicted octanol–water partition coefficient (Wildman–Crippen LogP) is 5.44. The van der Waals surface area contributed by atoms with Crippen LogP contribution < -0.4 is 10.3 Å². The van der Waals surface area contributed by atoms with Gasteiger partial charge in [0.25, 0.3) is 5.56 Å². The highest BCUT2D eigenvalue weighted by atomic mass is 16.5. The van der Waals surface area contributed by atoms with Gasteiger partial charge < -0.3 is 9.72 Å². The van der Waals surface area contributed by atoms with Crippen molar-refractivity contribution in [2.75, 3.05) is 7.11 Å². The maximum Gasteiger partial charge on any atom is 0.252 e. The van der Waals surface area contributed by atoms with E-state index in [9.17, 15) is 4.79 Å². The molecule has 1 unspecified atom stereocenters. The number of aryl methyl sites for hydroxylation is 2. The quantitative estimate of drug-likeness (QED) is 0.311. The predicted molar refractivity (Wildman–Crippen MR) is 147 cm³/mol. The van der Waals surface area contributed by atoms with Crippen molar-refractivity contribution in [3.05, 3.63) is 80.9 Å². The third kappa shape index (κ3) is 5.59. The third-order valence-corrected chi connectivity index (χ3v) is 7.51. The molecule has 0 fully saturated rings. The largest absolute Gasteiger partial charge is 0.497 e. The second-order valence-electron chi connectivity index (χ2n) is 10.4. The van der Waals surface area contributed by atoms with Gasteiger partial charge in [-0.25, -0.2) is 4.68 Å². The Morgan fingerprint density at radius 2 is 1.76 bits per heavy atom. The molecule has 4 rings (SSSR count). The number of hydrogen-bond acceptors (Lipinski definition) is 6. The second-order valence-corrected chi connectivity index (χ2v) is 10.4. The molecule has 0 aliphatic carbocycles. The van der Waals surface area contributed by atoms with Crippen molar-refractivity contribution in [1.82, 2.24) is 30.1 Å². The summed E-state index contributed by atoms with van der Waals surface area (Å²) < 4.78 is 7.29. The van der Waals surface area contributed by atoms with Crippen LogP contribution in [-0.2, 0) is 18.6 Å². The van der Waals surface area contributed by atoms with Crippen molar-refractivity contribution in [2.45, 2.75) is 79.1 Å². The van der Waals surface area contributed by atoms with E-state index >= 15 is 0 Å². The molecule has 37 heavy (non-hydrogen) atoms. The number of hydrogen-bond donors (Lipinski definition) is 1. The van der Waals surface area contributed by atoms with Gasteiger partial charge in [0.1, 0.15) is 5.75 Å². The van der Waals surface area contributed by atoms with Gasteiger partial charge in [-0.05, 0) is 103 Å². The number of aromatic amines is 1. The summed E-state index contributed by atoms with van der Waals surface area (Å²) in [6.45, 7) is 13.8. The van der Waals surface area contributed by atoms with Crippen molar-refractivity contribution in [3.63, 3.8) is 0 Å². The zero-order chi connectivity index (χ0) is 26.7. The van der Waals surface area contributed by atoms with Crippen LogP contribution in [0, 0.1) is 13.8 Å². The van der Waals surface area contributed by atoms with Crippen LogP contribution in [0.4, 0.5) is 0 Å². The van der Waals surface area contributed by atoms with Gasteiger partial charge in [0.15, 0.2) is 5.82 Å². The van der Waals surface area contributed by atoms with Crippen LogP contribution in [0.5, 0.6) is 5.75 Å². The second kappa shape index (κ2) is 10.8. The summed E-state index contributed by atoms with van der Waals surface area (Å²) in [6.07, 6.45) is 1.68. The molecule has 2 aromatic heterocycles. The van der Waals surface area contributed by atoms with Gasteiger partial charge in [-0.1, -0.05) is 26.0 Å². The lowest BCUT2D eigenvalue weighted by Gasteiger charge is -2.33. The summed E-state index contributed by atoms with van der Waals surface area (Å²) >= 11 is 0. The van der Waals surface area contributed by atoms with E-state index in [0.717, 1.165) is 52.0 Å². The first kappa shape index (κ1) is 26.5. The highest BCUT2D eigenvalue weighted by Crippen LogP contribution is 2.30. The van der Waals surface area contributed by atoms with Crippen molar-refractivity contribution in [3.8, 4) is 5.75 Å². The van der Waals surface area contributed by atoms with E-state index in [4.69, 9.17) is 4.74 Å². The molecule has 0 bridgehead atoms. The number of pyridine rings is 1. The molecule has 0 spiro atoms. The number of nitrogens with zero attached hydrogens (tertiary/aromatic N) is 5. The van der Waals surface area contributed by atoms with E-state index in [1.165, 1.54) is 5.56 Å². The maximum atomic E-state index is 13.2. The Morgan fingerprint density at radius 3 is 2.41 bits per heavy atom. The van der Waals surface area contributed by atoms with Gasteiger partial charge in [0, 0.05) is 24.2 Å². The van der Waals surface area contributed by atoms with Crippen molar-refractivity contribution < 1.29 is 4.74 Å². The summed E-state index contributed by atoms with van der Waals surface area (Å²) in [5.74, 6) is 1.62. The standard InChI is InChI=1S/C29H38N6O2/c1-8-26(27-31-32-33-35(27)29(5,6)9-2)34(17-21-10-12-24(37-7)13-11-21)18-23-16-22-14-19(3)20(4)15-25(22)30-28(23)36/h10-16,26H,8-9,17-18H2,1-7H3,(H,30,36). The summed E-state index contributed by atoms with van der Waals surface area (Å²) in [5, 5.41) is 13.9. The topological polar surface area (TPSA) is 88.9 Å². The van der Waals surface area contributed by atoms with Gasteiger partial charge in [-0.3, -0.25) is 9.69 Å². The van der Waals surface area contributed by atoms with E-state index in [1.54, 1.807) is 7.11 Å². The number of fused-ring (bicyclic) bond motifs is 1. The Kier molecular flexibility index (Phi) is 7.78. The fraction of sp³-hybridized carbons (Fsp3) is 0.448. The van der Waals surface area contributed by atoms with Crippen LogP contribution in [0.15, 0.2) is 47.3 Å².